The maximum absolute atomic E-state index is 11.2. The zero-order valence-corrected chi connectivity index (χ0v) is 7.33. The molecule has 1 aliphatic rings. The van der Waals surface area contributed by atoms with Gasteiger partial charge in [-0.3, -0.25) is 0 Å². The van der Waals surface area contributed by atoms with Crippen molar-refractivity contribution in [3.63, 3.8) is 0 Å². The molecule has 0 spiro atoms. The van der Waals surface area contributed by atoms with Crippen molar-refractivity contribution < 1.29 is 9.53 Å². The highest BCUT2D eigenvalue weighted by Crippen LogP contribution is 2.08. The molecule has 1 atom stereocenters. The first-order chi connectivity index (χ1) is 5.74. The Morgan fingerprint density at radius 1 is 1.75 bits per heavy atom. The van der Waals surface area contributed by atoms with Crippen LogP contribution in [0.3, 0.4) is 0 Å². The third-order valence-corrected chi connectivity index (χ3v) is 1.56. The van der Waals surface area contributed by atoms with E-state index in [4.69, 9.17) is 4.74 Å². The Morgan fingerprint density at radius 2 is 2.50 bits per heavy atom. The molecule has 0 aromatic carbocycles. The Bertz CT molecular complexity index is 231. The van der Waals surface area contributed by atoms with Crippen LogP contribution in [-0.2, 0) is 9.53 Å². The molecular formula is C9H13NO2. The van der Waals surface area contributed by atoms with Crippen molar-refractivity contribution in [2.24, 2.45) is 5.92 Å². The standard InChI is InChI=1S/C9H13NO2/c1-3-12-9(11)8-6-7(2)4-5-10-8/h4-7,10H,3H2,1-2H3. The monoisotopic (exact) mass is 167 g/mol. The van der Waals surface area contributed by atoms with Crippen LogP contribution in [0, 0.1) is 5.92 Å². The average Bonchev–Trinajstić information content (AvgIpc) is 2.05. The average molecular weight is 167 g/mol. The number of dihydropyridines is 1. The van der Waals surface area contributed by atoms with Gasteiger partial charge >= 0.3 is 5.97 Å². The SMILES string of the molecule is CCOC(=O)C1=CC(C)C=CN1. The van der Waals surface area contributed by atoms with E-state index in [0.717, 1.165) is 0 Å². The number of hydrogen-bond acceptors (Lipinski definition) is 3. The first-order valence-corrected chi connectivity index (χ1v) is 4.06. The number of nitrogens with one attached hydrogen (secondary N) is 1. The molecule has 1 heterocycles. The molecule has 1 N–H and O–H groups in total. The molecule has 3 nitrogen and oxygen atoms in total. The van der Waals surface area contributed by atoms with Crippen molar-refractivity contribution in [1.29, 1.82) is 0 Å². The predicted octanol–water partition coefficient (Wildman–Crippen LogP) is 1.19. The van der Waals surface area contributed by atoms with Gasteiger partial charge in [0.1, 0.15) is 5.70 Å². The van der Waals surface area contributed by atoms with Crippen LogP contribution < -0.4 is 5.32 Å². The second-order valence-corrected chi connectivity index (χ2v) is 2.66. The number of hydrogen-bond donors (Lipinski definition) is 1. The van der Waals surface area contributed by atoms with Crippen LogP contribution in [0.5, 0.6) is 0 Å². The van der Waals surface area contributed by atoms with E-state index in [0.29, 0.717) is 18.2 Å². The molecular weight excluding hydrogens is 154 g/mol. The quantitative estimate of drug-likeness (QED) is 0.628. The van der Waals surface area contributed by atoms with Gasteiger partial charge in [0.05, 0.1) is 6.61 Å². The lowest BCUT2D eigenvalue weighted by molar-refractivity contribution is -0.138. The number of carbonyl (C=O) groups excluding carboxylic acids is 1. The van der Waals surface area contributed by atoms with Gasteiger partial charge in [-0.2, -0.15) is 0 Å². The van der Waals surface area contributed by atoms with E-state index in [9.17, 15) is 4.79 Å². The Hall–Kier alpha value is -1.25. The van der Waals surface area contributed by atoms with Crippen LogP contribution in [-0.4, -0.2) is 12.6 Å². The highest BCUT2D eigenvalue weighted by atomic mass is 16.5. The van der Waals surface area contributed by atoms with E-state index >= 15 is 0 Å². The number of rotatable bonds is 2. The minimum atomic E-state index is -0.284. The molecule has 0 amide bonds. The Morgan fingerprint density at radius 3 is 3.08 bits per heavy atom. The van der Waals surface area contributed by atoms with Crippen LogP contribution in [0.4, 0.5) is 0 Å². The van der Waals surface area contributed by atoms with Crippen molar-refractivity contribution >= 4 is 5.97 Å². The van der Waals surface area contributed by atoms with Gasteiger partial charge < -0.3 is 10.1 Å². The molecule has 66 valence electrons. The Balaban J connectivity index is 2.57. The molecule has 1 aliphatic heterocycles. The highest BCUT2D eigenvalue weighted by molar-refractivity contribution is 5.88. The molecule has 0 saturated carbocycles. The summed E-state index contributed by atoms with van der Waals surface area (Å²) >= 11 is 0. The maximum atomic E-state index is 11.2. The van der Waals surface area contributed by atoms with Gasteiger partial charge in [0, 0.05) is 0 Å². The van der Waals surface area contributed by atoms with E-state index in [2.05, 4.69) is 5.32 Å². The van der Waals surface area contributed by atoms with Crippen LogP contribution in [0.1, 0.15) is 13.8 Å². The van der Waals surface area contributed by atoms with Gasteiger partial charge in [-0.25, -0.2) is 4.79 Å². The van der Waals surface area contributed by atoms with Crippen LogP contribution in [0.25, 0.3) is 0 Å². The zero-order valence-electron chi connectivity index (χ0n) is 7.33. The Kier molecular flexibility index (Phi) is 2.91. The number of ether oxygens (including phenoxy) is 1. The smallest absolute Gasteiger partial charge is 0.354 e. The molecule has 12 heavy (non-hydrogen) atoms. The zero-order chi connectivity index (χ0) is 8.97. The summed E-state index contributed by atoms with van der Waals surface area (Å²) in [6.07, 6.45) is 5.58. The third kappa shape index (κ3) is 2.12. The van der Waals surface area contributed by atoms with Crippen molar-refractivity contribution in [2.45, 2.75) is 13.8 Å². The Labute approximate surface area is 72.1 Å². The molecule has 0 aromatic heterocycles. The van der Waals surface area contributed by atoms with Crippen molar-refractivity contribution in [3.05, 3.63) is 24.0 Å². The summed E-state index contributed by atoms with van der Waals surface area (Å²) in [5, 5.41) is 2.84. The summed E-state index contributed by atoms with van der Waals surface area (Å²) in [5.41, 5.74) is 0.534. The summed E-state index contributed by atoms with van der Waals surface area (Å²) in [6.45, 7) is 4.22. The maximum Gasteiger partial charge on any atom is 0.354 e. The molecule has 0 bridgehead atoms. The molecule has 0 fully saturated rings. The van der Waals surface area contributed by atoms with E-state index in [1.54, 1.807) is 13.1 Å². The van der Waals surface area contributed by atoms with Gasteiger partial charge in [0.25, 0.3) is 0 Å². The van der Waals surface area contributed by atoms with E-state index < -0.39 is 0 Å². The van der Waals surface area contributed by atoms with E-state index in [1.807, 2.05) is 19.1 Å². The van der Waals surface area contributed by atoms with Crippen LogP contribution in [0.15, 0.2) is 24.0 Å². The summed E-state index contributed by atoms with van der Waals surface area (Å²) in [6, 6.07) is 0. The third-order valence-electron chi connectivity index (χ3n) is 1.56. The largest absolute Gasteiger partial charge is 0.461 e. The lowest BCUT2D eigenvalue weighted by Crippen LogP contribution is -2.21. The highest BCUT2D eigenvalue weighted by Gasteiger charge is 2.12. The molecule has 0 radical (unpaired) electrons. The number of esters is 1. The summed E-state index contributed by atoms with van der Waals surface area (Å²) in [7, 11) is 0. The molecule has 1 rings (SSSR count). The molecule has 0 aliphatic carbocycles. The molecule has 0 aromatic rings. The van der Waals surface area contributed by atoms with Gasteiger partial charge in [-0.05, 0) is 25.1 Å². The van der Waals surface area contributed by atoms with Gasteiger partial charge in [-0.15, -0.1) is 0 Å². The van der Waals surface area contributed by atoms with Crippen LogP contribution in [0.2, 0.25) is 0 Å². The first-order valence-electron chi connectivity index (χ1n) is 4.06. The second-order valence-electron chi connectivity index (χ2n) is 2.66. The molecule has 3 heteroatoms. The van der Waals surface area contributed by atoms with E-state index in [-0.39, 0.29) is 5.97 Å². The second kappa shape index (κ2) is 3.95. The summed E-state index contributed by atoms with van der Waals surface area (Å²) in [4.78, 5) is 11.2. The molecule has 0 saturated heterocycles. The summed E-state index contributed by atoms with van der Waals surface area (Å²) < 4.78 is 4.83. The minimum Gasteiger partial charge on any atom is -0.461 e. The van der Waals surface area contributed by atoms with Crippen molar-refractivity contribution in [2.75, 3.05) is 6.61 Å². The van der Waals surface area contributed by atoms with Gasteiger partial charge in [0.2, 0.25) is 0 Å². The number of allylic oxidation sites excluding steroid dienone is 2. The fourth-order valence-electron chi connectivity index (χ4n) is 0.992. The fourth-order valence-corrected chi connectivity index (χ4v) is 0.992. The van der Waals surface area contributed by atoms with Gasteiger partial charge in [-0.1, -0.05) is 13.0 Å². The normalized spacial score (nSPS) is 21.2. The van der Waals surface area contributed by atoms with Crippen molar-refractivity contribution in [1.82, 2.24) is 5.32 Å². The van der Waals surface area contributed by atoms with Crippen molar-refractivity contribution in [3.8, 4) is 0 Å². The lowest BCUT2D eigenvalue weighted by atomic mass is 10.1. The summed E-state index contributed by atoms with van der Waals surface area (Å²) in [5.74, 6) is 0.0133. The fraction of sp³-hybridized carbons (Fsp3) is 0.444. The molecule has 1 unspecified atom stereocenters. The first kappa shape index (κ1) is 8.84. The minimum absolute atomic E-state index is 0.284. The van der Waals surface area contributed by atoms with Crippen LogP contribution >= 0.6 is 0 Å². The van der Waals surface area contributed by atoms with E-state index in [1.165, 1.54) is 0 Å². The van der Waals surface area contributed by atoms with Gasteiger partial charge in [0.15, 0.2) is 0 Å². The predicted molar refractivity (Wildman–Crippen MR) is 46.2 cm³/mol. The number of carbonyl (C=O) groups is 1. The lowest BCUT2D eigenvalue weighted by Gasteiger charge is -2.12. The topological polar surface area (TPSA) is 38.3 Å².